The number of piperidine rings is 1. The molecule has 6 heterocycles. The highest BCUT2D eigenvalue weighted by Crippen LogP contribution is 2.35. The normalized spacial score (nSPS) is 19.0. The molecule has 1 spiro atoms. The van der Waals surface area contributed by atoms with Gasteiger partial charge < -0.3 is 29.3 Å². The number of cyclic esters (lactones) is 1. The Labute approximate surface area is 298 Å². The van der Waals surface area contributed by atoms with E-state index in [1.54, 1.807) is 11.1 Å². The van der Waals surface area contributed by atoms with Crippen LogP contribution in [0, 0.1) is 5.82 Å². The average Bonchev–Trinajstić information content (AvgIpc) is 3.51. The second kappa shape index (κ2) is 15.0. The summed E-state index contributed by atoms with van der Waals surface area (Å²) in [5.74, 6) is 1.39. The molecule has 2 aromatic heterocycles. The Kier molecular flexibility index (Phi) is 10.2. The number of fused-ring (bicyclic) bond motifs is 1. The molecule has 3 saturated heterocycles. The van der Waals surface area contributed by atoms with Gasteiger partial charge in [-0.3, -0.25) is 19.6 Å². The van der Waals surface area contributed by atoms with Crippen LogP contribution in [0.2, 0.25) is 0 Å². The number of alkyl carbamates (subject to hydrolysis) is 1. The molecular weight excluding hydrogens is 655 g/mol. The second-order valence-electron chi connectivity index (χ2n) is 14.2. The molecule has 3 fully saturated rings. The van der Waals surface area contributed by atoms with E-state index in [2.05, 4.69) is 35.0 Å². The van der Waals surface area contributed by atoms with Gasteiger partial charge in [0.25, 0.3) is 5.91 Å². The molecule has 51 heavy (non-hydrogen) atoms. The first-order valence-electron chi connectivity index (χ1n) is 18.1. The number of amides is 2. The number of hydrogen-bond donors (Lipinski definition) is 1. The third-order valence-electron chi connectivity index (χ3n) is 10.3. The van der Waals surface area contributed by atoms with E-state index in [4.69, 9.17) is 14.2 Å². The minimum Gasteiger partial charge on any atom is -0.490 e. The lowest BCUT2D eigenvalue weighted by molar-refractivity contribution is 0.0422. The minimum atomic E-state index is -0.506. The molecule has 0 aliphatic carbocycles. The standard InChI is InChI=1S/C37H47FN8O5/c1-4-46(25(2)3)35(47)28-18-26(38)6-7-31(28)51-33-19-39-24-41-34(33)45-16-9-27(10-17-45)50-32-8-12-40-30-11-15-43(20-29(30)32)13-5-14-44-21-37(22-44)23-49-36(48)42-37/h6-8,12,18-19,24-25,27H,4-5,9-11,13-17,20-23H2,1-3H3,(H,42,48). The van der Waals surface area contributed by atoms with Gasteiger partial charge in [-0.05, 0) is 64.5 Å². The predicted octanol–water partition coefficient (Wildman–Crippen LogP) is 4.26. The highest BCUT2D eigenvalue weighted by Gasteiger charge is 2.49. The van der Waals surface area contributed by atoms with Crippen molar-refractivity contribution in [3.8, 4) is 17.2 Å². The number of benzene rings is 1. The summed E-state index contributed by atoms with van der Waals surface area (Å²) in [4.78, 5) is 46.9. The Hall–Kier alpha value is -4.56. The first-order chi connectivity index (χ1) is 24.7. The van der Waals surface area contributed by atoms with Crippen molar-refractivity contribution in [1.82, 2.24) is 35.0 Å². The maximum absolute atomic E-state index is 14.3. The van der Waals surface area contributed by atoms with Crippen molar-refractivity contribution >= 4 is 17.8 Å². The number of rotatable bonds is 12. The van der Waals surface area contributed by atoms with E-state index in [1.807, 2.05) is 33.0 Å². The zero-order valence-electron chi connectivity index (χ0n) is 29.6. The molecule has 0 saturated carbocycles. The Balaban J connectivity index is 0.943. The maximum atomic E-state index is 14.3. The molecule has 1 N–H and O–H groups in total. The van der Waals surface area contributed by atoms with Gasteiger partial charge in [-0.25, -0.2) is 19.2 Å². The third kappa shape index (κ3) is 7.71. The number of halogens is 1. The lowest BCUT2D eigenvalue weighted by atomic mass is 9.91. The summed E-state index contributed by atoms with van der Waals surface area (Å²) in [7, 11) is 0. The molecule has 272 valence electrons. The first-order valence-corrected chi connectivity index (χ1v) is 18.1. The molecule has 1 aromatic carbocycles. The molecule has 0 unspecified atom stereocenters. The SMILES string of the molecule is CCN(C(=O)c1cc(F)ccc1Oc1cncnc1N1CCC(Oc2ccnc3c2CN(CCCN2CC4(COC(=O)N4)C2)CC3)CC1)C(C)C. The highest BCUT2D eigenvalue weighted by molar-refractivity contribution is 5.97. The summed E-state index contributed by atoms with van der Waals surface area (Å²) in [6.07, 6.45) is 8.17. The molecular formula is C37H47FN8O5. The van der Waals surface area contributed by atoms with Crippen LogP contribution in [0.5, 0.6) is 17.2 Å². The lowest BCUT2D eigenvalue weighted by Gasteiger charge is -2.46. The summed E-state index contributed by atoms with van der Waals surface area (Å²) >= 11 is 0. The van der Waals surface area contributed by atoms with E-state index >= 15 is 0 Å². The molecule has 13 nitrogen and oxygen atoms in total. The van der Waals surface area contributed by atoms with Crippen LogP contribution in [-0.4, -0.2) is 118 Å². The van der Waals surface area contributed by atoms with Gasteiger partial charge in [-0.1, -0.05) is 0 Å². The summed E-state index contributed by atoms with van der Waals surface area (Å²) in [5.41, 5.74) is 2.27. The van der Waals surface area contributed by atoms with Crippen molar-refractivity contribution in [1.29, 1.82) is 0 Å². The van der Waals surface area contributed by atoms with Crippen LogP contribution in [0.3, 0.4) is 0 Å². The van der Waals surface area contributed by atoms with Gasteiger partial charge in [-0.15, -0.1) is 0 Å². The number of hydrogen-bond acceptors (Lipinski definition) is 11. The number of nitrogens with one attached hydrogen (secondary N) is 1. The number of carbonyl (C=O) groups excluding carboxylic acids is 2. The van der Waals surface area contributed by atoms with Crippen LogP contribution in [0.25, 0.3) is 0 Å². The van der Waals surface area contributed by atoms with Crippen molar-refractivity contribution in [3.63, 3.8) is 0 Å². The molecule has 2 amide bonds. The number of nitrogens with zero attached hydrogens (tertiary/aromatic N) is 7. The van der Waals surface area contributed by atoms with E-state index in [1.165, 1.54) is 30.1 Å². The van der Waals surface area contributed by atoms with Gasteiger partial charge in [-0.2, -0.15) is 0 Å². The Morgan fingerprint density at radius 2 is 1.90 bits per heavy atom. The summed E-state index contributed by atoms with van der Waals surface area (Å²) < 4.78 is 32.4. The number of pyridine rings is 1. The van der Waals surface area contributed by atoms with Crippen LogP contribution in [-0.2, 0) is 17.7 Å². The van der Waals surface area contributed by atoms with Crippen molar-refractivity contribution in [2.75, 3.05) is 63.9 Å². The predicted molar refractivity (Wildman–Crippen MR) is 188 cm³/mol. The Morgan fingerprint density at radius 3 is 2.65 bits per heavy atom. The fourth-order valence-corrected chi connectivity index (χ4v) is 7.68. The monoisotopic (exact) mass is 702 g/mol. The molecule has 7 rings (SSSR count). The van der Waals surface area contributed by atoms with Crippen molar-refractivity contribution < 1.29 is 28.2 Å². The van der Waals surface area contributed by atoms with Crippen molar-refractivity contribution in [2.45, 2.75) is 70.7 Å². The van der Waals surface area contributed by atoms with Gasteiger partial charge in [0.2, 0.25) is 0 Å². The van der Waals surface area contributed by atoms with Crippen LogP contribution in [0.15, 0.2) is 43.0 Å². The number of carbonyl (C=O) groups is 2. The molecule has 3 aromatic rings. The summed E-state index contributed by atoms with van der Waals surface area (Å²) in [6, 6.07) is 5.94. The quantitative estimate of drug-likeness (QED) is 0.291. The van der Waals surface area contributed by atoms with Crippen LogP contribution in [0.1, 0.15) is 61.6 Å². The molecule has 0 atom stereocenters. The zero-order valence-corrected chi connectivity index (χ0v) is 29.6. The molecule has 0 radical (unpaired) electrons. The topological polar surface area (TPSA) is 125 Å². The van der Waals surface area contributed by atoms with Crippen LogP contribution in [0.4, 0.5) is 15.0 Å². The molecule has 0 bridgehead atoms. The van der Waals surface area contributed by atoms with Crippen LogP contribution >= 0.6 is 0 Å². The van der Waals surface area contributed by atoms with Gasteiger partial charge in [0.05, 0.1) is 11.8 Å². The van der Waals surface area contributed by atoms with E-state index in [0.29, 0.717) is 37.8 Å². The van der Waals surface area contributed by atoms with Gasteiger partial charge >= 0.3 is 6.09 Å². The lowest BCUT2D eigenvalue weighted by Crippen LogP contribution is -2.68. The number of ether oxygens (including phenoxy) is 3. The fourth-order valence-electron chi connectivity index (χ4n) is 7.68. The van der Waals surface area contributed by atoms with Crippen LogP contribution < -0.4 is 19.7 Å². The number of likely N-dealkylation sites (tertiary alicyclic amines) is 1. The smallest absolute Gasteiger partial charge is 0.407 e. The Bertz CT molecular complexity index is 1730. The van der Waals surface area contributed by atoms with Crippen molar-refractivity contribution in [2.24, 2.45) is 0 Å². The van der Waals surface area contributed by atoms with Crippen molar-refractivity contribution in [3.05, 3.63) is 65.6 Å². The second-order valence-corrected chi connectivity index (χ2v) is 14.2. The first kappa shape index (κ1) is 34.9. The minimum absolute atomic E-state index is 0.0329. The molecule has 14 heteroatoms. The fraction of sp³-hybridized carbons (Fsp3) is 0.541. The van der Waals surface area contributed by atoms with E-state index in [0.717, 1.165) is 76.4 Å². The largest absolute Gasteiger partial charge is 0.490 e. The van der Waals surface area contributed by atoms with E-state index < -0.39 is 5.82 Å². The van der Waals surface area contributed by atoms with Gasteiger partial charge in [0.15, 0.2) is 11.6 Å². The summed E-state index contributed by atoms with van der Waals surface area (Å²) in [6.45, 7) is 13.6. The zero-order chi connectivity index (χ0) is 35.5. The average molecular weight is 703 g/mol. The van der Waals surface area contributed by atoms with E-state index in [-0.39, 0.29) is 41.0 Å². The van der Waals surface area contributed by atoms with E-state index in [9.17, 15) is 14.0 Å². The number of aromatic nitrogens is 3. The highest BCUT2D eigenvalue weighted by atomic mass is 19.1. The third-order valence-corrected chi connectivity index (χ3v) is 10.3. The molecule has 4 aliphatic rings. The molecule has 4 aliphatic heterocycles. The van der Waals surface area contributed by atoms with Gasteiger partial charge in [0.1, 0.15) is 41.9 Å². The van der Waals surface area contributed by atoms with Gasteiger partial charge in [0, 0.05) is 88.6 Å². The Morgan fingerprint density at radius 1 is 1.10 bits per heavy atom. The maximum Gasteiger partial charge on any atom is 0.407 e. The number of anilines is 1. The summed E-state index contributed by atoms with van der Waals surface area (Å²) in [5, 5.41) is 2.95.